The summed E-state index contributed by atoms with van der Waals surface area (Å²) in [6.07, 6.45) is 0.693. The third-order valence-electron chi connectivity index (χ3n) is 3.21. The number of carbonyl (C=O) groups is 1. The number of nitrogens with zero attached hydrogens (tertiary/aromatic N) is 1. The van der Waals surface area contributed by atoms with Gasteiger partial charge in [0.15, 0.2) is 5.78 Å². The number of hydrogen-bond acceptors (Lipinski definition) is 3. The highest BCUT2D eigenvalue weighted by Crippen LogP contribution is 2.12. The normalized spacial score (nSPS) is 21.4. The predicted octanol–water partition coefficient (Wildman–Crippen LogP) is 1.76. The number of ketones is 1. The van der Waals surface area contributed by atoms with Crippen molar-refractivity contribution in [3.8, 4) is 0 Å². The Kier molecular flexibility index (Phi) is 3.92. The molecular formula is C14H19NO2. The average molecular weight is 233 g/mol. The second kappa shape index (κ2) is 5.43. The minimum absolute atomic E-state index is 0.0965. The zero-order chi connectivity index (χ0) is 12.3. The monoisotopic (exact) mass is 233 g/mol. The van der Waals surface area contributed by atoms with Crippen molar-refractivity contribution in [3.63, 3.8) is 0 Å². The molecule has 0 N–H and O–H groups in total. The first-order valence-electron chi connectivity index (χ1n) is 6.14. The van der Waals surface area contributed by atoms with Gasteiger partial charge in [-0.2, -0.15) is 0 Å². The Morgan fingerprint density at radius 2 is 2.12 bits per heavy atom. The number of benzene rings is 1. The molecule has 2 rings (SSSR count). The molecule has 0 aromatic heterocycles. The van der Waals surface area contributed by atoms with E-state index in [1.807, 2.05) is 31.3 Å². The lowest BCUT2D eigenvalue weighted by Gasteiger charge is -2.29. The van der Waals surface area contributed by atoms with Gasteiger partial charge in [0.1, 0.15) is 6.10 Å². The number of rotatable bonds is 3. The Bertz CT molecular complexity index is 386. The lowest BCUT2D eigenvalue weighted by atomic mass is 10.0. The van der Waals surface area contributed by atoms with Gasteiger partial charge in [-0.25, -0.2) is 0 Å². The first-order chi connectivity index (χ1) is 8.20. The van der Waals surface area contributed by atoms with Crippen LogP contribution in [0.25, 0.3) is 0 Å². The van der Waals surface area contributed by atoms with Crippen LogP contribution in [0.2, 0.25) is 0 Å². The third kappa shape index (κ3) is 2.93. The second-order valence-electron chi connectivity index (χ2n) is 4.54. The fourth-order valence-electron chi connectivity index (χ4n) is 2.03. The first kappa shape index (κ1) is 12.3. The van der Waals surface area contributed by atoms with Crippen LogP contribution in [-0.2, 0) is 11.2 Å². The van der Waals surface area contributed by atoms with Gasteiger partial charge in [-0.3, -0.25) is 4.79 Å². The maximum absolute atomic E-state index is 12.2. The summed E-state index contributed by atoms with van der Waals surface area (Å²) in [5, 5.41) is 0. The van der Waals surface area contributed by atoms with E-state index in [1.165, 1.54) is 5.56 Å². The van der Waals surface area contributed by atoms with Crippen molar-refractivity contribution < 1.29 is 9.53 Å². The Hall–Kier alpha value is -1.19. The lowest BCUT2D eigenvalue weighted by molar-refractivity contribution is -0.00862. The predicted molar refractivity (Wildman–Crippen MR) is 67.4 cm³/mol. The van der Waals surface area contributed by atoms with Crippen molar-refractivity contribution in [1.29, 1.82) is 0 Å². The van der Waals surface area contributed by atoms with Crippen molar-refractivity contribution in [2.75, 3.05) is 26.7 Å². The summed E-state index contributed by atoms with van der Waals surface area (Å²) in [7, 11) is 2.02. The highest BCUT2D eigenvalue weighted by molar-refractivity contribution is 5.99. The Morgan fingerprint density at radius 1 is 1.41 bits per heavy atom. The largest absolute Gasteiger partial charge is 0.367 e. The number of aryl methyl sites for hydroxylation is 1. The van der Waals surface area contributed by atoms with Gasteiger partial charge < -0.3 is 9.64 Å². The van der Waals surface area contributed by atoms with Crippen LogP contribution in [-0.4, -0.2) is 43.5 Å². The standard InChI is InChI=1S/C14H19NO2/c1-3-11-4-6-12(7-5-11)14(16)13-10-15(2)8-9-17-13/h4-7,13H,3,8-10H2,1-2H3. The Morgan fingerprint density at radius 3 is 2.71 bits per heavy atom. The average Bonchev–Trinajstić information content (AvgIpc) is 2.38. The van der Waals surface area contributed by atoms with E-state index in [0.29, 0.717) is 13.2 Å². The zero-order valence-electron chi connectivity index (χ0n) is 10.5. The van der Waals surface area contributed by atoms with Crippen LogP contribution in [0.15, 0.2) is 24.3 Å². The number of carbonyl (C=O) groups excluding carboxylic acids is 1. The molecular weight excluding hydrogens is 214 g/mol. The SMILES string of the molecule is CCc1ccc(C(=O)C2CN(C)CCO2)cc1. The molecule has 0 aliphatic carbocycles. The van der Waals surface area contributed by atoms with Gasteiger partial charge in [-0.1, -0.05) is 31.2 Å². The highest BCUT2D eigenvalue weighted by atomic mass is 16.5. The first-order valence-corrected chi connectivity index (χ1v) is 6.14. The summed E-state index contributed by atoms with van der Waals surface area (Å²) in [5.74, 6) is 0.0965. The van der Waals surface area contributed by atoms with E-state index in [0.717, 1.165) is 18.5 Å². The molecule has 1 saturated heterocycles. The van der Waals surface area contributed by atoms with Crippen LogP contribution in [0.1, 0.15) is 22.8 Å². The zero-order valence-corrected chi connectivity index (χ0v) is 10.5. The quantitative estimate of drug-likeness (QED) is 0.745. The molecule has 0 spiro atoms. The van der Waals surface area contributed by atoms with Gasteiger partial charge in [0.25, 0.3) is 0 Å². The van der Waals surface area contributed by atoms with Crippen LogP contribution in [0, 0.1) is 0 Å². The summed E-state index contributed by atoms with van der Waals surface area (Å²) < 4.78 is 5.53. The summed E-state index contributed by atoms with van der Waals surface area (Å²) >= 11 is 0. The van der Waals surface area contributed by atoms with Gasteiger partial charge in [0.05, 0.1) is 6.61 Å². The third-order valence-corrected chi connectivity index (χ3v) is 3.21. The molecule has 0 saturated carbocycles. The molecule has 1 fully saturated rings. The number of Topliss-reactive ketones (excluding diaryl/α,β-unsaturated/α-hetero) is 1. The Balaban J connectivity index is 2.07. The van der Waals surface area contributed by atoms with Gasteiger partial charge >= 0.3 is 0 Å². The molecule has 1 aliphatic rings. The maximum Gasteiger partial charge on any atom is 0.192 e. The van der Waals surface area contributed by atoms with Crippen LogP contribution < -0.4 is 0 Å². The maximum atomic E-state index is 12.2. The van der Waals surface area contributed by atoms with E-state index in [9.17, 15) is 4.79 Å². The molecule has 1 aliphatic heterocycles. The van der Waals surface area contributed by atoms with E-state index >= 15 is 0 Å². The van der Waals surface area contributed by atoms with E-state index < -0.39 is 0 Å². The van der Waals surface area contributed by atoms with Crippen LogP contribution >= 0.6 is 0 Å². The number of hydrogen-bond donors (Lipinski definition) is 0. The van der Waals surface area contributed by atoms with Gasteiger partial charge in [-0.15, -0.1) is 0 Å². The van der Waals surface area contributed by atoms with E-state index in [4.69, 9.17) is 4.74 Å². The van der Waals surface area contributed by atoms with E-state index in [1.54, 1.807) is 0 Å². The molecule has 1 unspecified atom stereocenters. The van der Waals surface area contributed by atoms with Crippen molar-refractivity contribution >= 4 is 5.78 Å². The van der Waals surface area contributed by atoms with Crippen molar-refractivity contribution in [2.24, 2.45) is 0 Å². The van der Waals surface area contributed by atoms with Gasteiger partial charge in [-0.05, 0) is 19.0 Å². The second-order valence-corrected chi connectivity index (χ2v) is 4.54. The molecule has 1 heterocycles. The molecule has 0 bridgehead atoms. The summed E-state index contributed by atoms with van der Waals surface area (Å²) in [4.78, 5) is 14.3. The lowest BCUT2D eigenvalue weighted by Crippen LogP contribution is -2.44. The minimum Gasteiger partial charge on any atom is -0.367 e. The molecule has 0 amide bonds. The fourth-order valence-corrected chi connectivity index (χ4v) is 2.03. The molecule has 0 radical (unpaired) electrons. The summed E-state index contributed by atoms with van der Waals surface area (Å²) in [6.45, 7) is 4.34. The van der Waals surface area contributed by atoms with E-state index in [2.05, 4.69) is 11.8 Å². The smallest absolute Gasteiger partial charge is 0.192 e. The summed E-state index contributed by atoms with van der Waals surface area (Å²) in [6, 6.07) is 7.83. The van der Waals surface area contributed by atoms with Gasteiger partial charge in [0.2, 0.25) is 0 Å². The molecule has 3 nitrogen and oxygen atoms in total. The van der Waals surface area contributed by atoms with Gasteiger partial charge in [0, 0.05) is 18.7 Å². The minimum atomic E-state index is -0.304. The fraction of sp³-hybridized carbons (Fsp3) is 0.500. The molecule has 17 heavy (non-hydrogen) atoms. The number of morpholine rings is 1. The van der Waals surface area contributed by atoms with Crippen molar-refractivity contribution in [1.82, 2.24) is 4.90 Å². The van der Waals surface area contributed by atoms with Crippen LogP contribution in [0.5, 0.6) is 0 Å². The molecule has 1 aromatic carbocycles. The highest BCUT2D eigenvalue weighted by Gasteiger charge is 2.25. The Labute approximate surface area is 102 Å². The van der Waals surface area contributed by atoms with Crippen molar-refractivity contribution in [3.05, 3.63) is 35.4 Å². The van der Waals surface area contributed by atoms with E-state index in [-0.39, 0.29) is 11.9 Å². The van der Waals surface area contributed by atoms with Crippen LogP contribution in [0.3, 0.4) is 0 Å². The van der Waals surface area contributed by atoms with Crippen molar-refractivity contribution in [2.45, 2.75) is 19.4 Å². The summed E-state index contributed by atoms with van der Waals surface area (Å²) in [5.41, 5.74) is 2.01. The molecule has 92 valence electrons. The molecule has 1 atom stereocenters. The van der Waals surface area contributed by atoms with Crippen LogP contribution in [0.4, 0.5) is 0 Å². The molecule has 3 heteroatoms. The number of ether oxygens (including phenoxy) is 1. The molecule has 1 aromatic rings. The topological polar surface area (TPSA) is 29.5 Å². The number of likely N-dealkylation sites (N-methyl/N-ethyl adjacent to an activating group) is 1.